The average molecular weight is 290 g/mol. The van der Waals surface area contributed by atoms with Crippen molar-refractivity contribution in [3.63, 3.8) is 0 Å². The second-order valence-corrected chi connectivity index (χ2v) is 6.08. The molecule has 0 aromatic carbocycles. The summed E-state index contributed by atoms with van der Waals surface area (Å²) in [5.41, 5.74) is 0.850. The van der Waals surface area contributed by atoms with E-state index in [4.69, 9.17) is 0 Å². The third kappa shape index (κ3) is 3.25. The van der Waals surface area contributed by atoms with Crippen LogP contribution in [0.2, 0.25) is 0 Å². The number of imidazole rings is 1. The Hall–Kier alpha value is -1.85. The molecule has 1 aromatic rings. The molecule has 1 saturated heterocycles. The molecular formula is C15H22N4O2. The quantitative estimate of drug-likeness (QED) is 0.723. The molecule has 1 saturated carbocycles. The Morgan fingerprint density at radius 3 is 2.48 bits per heavy atom. The number of carbonyl (C=O) groups is 2. The van der Waals surface area contributed by atoms with Crippen LogP contribution in [0.3, 0.4) is 0 Å². The van der Waals surface area contributed by atoms with Crippen molar-refractivity contribution in [3.8, 4) is 0 Å². The van der Waals surface area contributed by atoms with Gasteiger partial charge in [-0.25, -0.2) is 4.98 Å². The van der Waals surface area contributed by atoms with Gasteiger partial charge < -0.3 is 15.6 Å². The Morgan fingerprint density at radius 2 is 1.81 bits per heavy atom. The van der Waals surface area contributed by atoms with E-state index in [2.05, 4.69) is 20.6 Å². The summed E-state index contributed by atoms with van der Waals surface area (Å²) in [5.74, 6) is 0.161. The van der Waals surface area contributed by atoms with Crippen molar-refractivity contribution < 1.29 is 9.59 Å². The lowest BCUT2D eigenvalue weighted by Crippen LogP contribution is -2.64. The molecule has 21 heavy (non-hydrogen) atoms. The summed E-state index contributed by atoms with van der Waals surface area (Å²) in [6.45, 7) is 0. The van der Waals surface area contributed by atoms with Crippen LogP contribution < -0.4 is 10.6 Å². The number of aromatic nitrogens is 2. The number of H-pyrrole nitrogens is 1. The van der Waals surface area contributed by atoms with Gasteiger partial charge in [0.2, 0.25) is 11.8 Å². The molecule has 0 bridgehead atoms. The van der Waals surface area contributed by atoms with Crippen LogP contribution in [-0.4, -0.2) is 33.9 Å². The molecule has 114 valence electrons. The third-order valence-electron chi connectivity index (χ3n) is 4.56. The van der Waals surface area contributed by atoms with Crippen LogP contribution in [0.1, 0.15) is 44.2 Å². The fraction of sp³-hybridized carbons (Fsp3) is 0.667. The number of nitrogens with one attached hydrogen (secondary N) is 3. The minimum Gasteiger partial charge on any atom is -0.348 e. The number of nitrogens with zero attached hydrogens (tertiary/aromatic N) is 1. The van der Waals surface area contributed by atoms with E-state index in [0.717, 1.165) is 31.4 Å². The highest BCUT2D eigenvalue weighted by atomic mass is 16.2. The zero-order valence-corrected chi connectivity index (χ0v) is 12.1. The van der Waals surface area contributed by atoms with Gasteiger partial charge in [-0.15, -0.1) is 0 Å². The van der Waals surface area contributed by atoms with Gasteiger partial charge in [0, 0.05) is 18.3 Å². The van der Waals surface area contributed by atoms with E-state index in [9.17, 15) is 9.59 Å². The van der Waals surface area contributed by atoms with E-state index in [1.165, 1.54) is 12.8 Å². The molecule has 3 N–H and O–H groups in total. The van der Waals surface area contributed by atoms with Gasteiger partial charge in [0.05, 0.1) is 6.33 Å². The van der Waals surface area contributed by atoms with E-state index in [1.807, 2.05) is 0 Å². The predicted molar refractivity (Wildman–Crippen MR) is 77.3 cm³/mol. The largest absolute Gasteiger partial charge is 0.348 e. The van der Waals surface area contributed by atoms with Crippen LogP contribution in [0.4, 0.5) is 0 Å². The maximum atomic E-state index is 12.3. The lowest BCUT2D eigenvalue weighted by Gasteiger charge is -2.33. The third-order valence-corrected chi connectivity index (χ3v) is 4.56. The second-order valence-electron chi connectivity index (χ2n) is 6.08. The molecule has 2 atom stereocenters. The van der Waals surface area contributed by atoms with Crippen LogP contribution in [0.15, 0.2) is 12.5 Å². The monoisotopic (exact) mass is 290 g/mol. The van der Waals surface area contributed by atoms with Gasteiger partial charge in [-0.05, 0) is 18.8 Å². The highest BCUT2D eigenvalue weighted by Gasteiger charge is 2.38. The Kier molecular flexibility index (Phi) is 4.22. The topological polar surface area (TPSA) is 86.9 Å². The maximum absolute atomic E-state index is 12.3. The smallest absolute Gasteiger partial charge is 0.243 e. The SMILES string of the molecule is O=C1N[C@H](Cc2cnc[nH]2)C(=O)NC1C1CCCCCC1. The molecule has 1 unspecified atom stereocenters. The molecule has 0 spiro atoms. The van der Waals surface area contributed by atoms with Crippen molar-refractivity contribution in [1.82, 2.24) is 20.6 Å². The fourth-order valence-electron chi connectivity index (χ4n) is 3.38. The van der Waals surface area contributed by atoms with Crippen LogP contribution in [-0.2, 0) is 16.0 Å². The summed E-state index contributed by atoms with van der Waals surface area (Å²) >= 11 is 0. The molecule has 6 nitrogen and oxygen atoms in total. The molecule has 6 heteroatoms. The first-order chi connectivity index (χ1) is 10.2. The van der Waals surface area contributed by atoms with Gasteiger partial charge in [0.15, 0.2) is 0 Å². The van der Waals surface area contributed by atoms with E-state index in [0.29, 0.717) is 6.42 Å². The molecule has 1 aromatic heterocycles. The van der Waals surface area contributed by atoms with Crippen molar-refractivity contribution in [1.29, 1.82) is 0 Å². The molecule has 3 rings (SSSR count). The van der Waals surface area contributed by atoms with Crippen molar-refractivity contribution >= 4 is 11.8 Å². The molecule has 2 heterocycles. The first-order valence-electron chi connectivity index (χ1n) is 7.82. The average Bonchev–Trinajstić information content (AvgIpc) is 2.83. The number of piperazine rings is 1. The normalized spacial score (nSPS) is 27.8. The number of carbonyl (C=O) groups excluding carboxylic acids is 2. The van der Waals surface area contributed by atoms with Gasteiger partial charge >= 0.3 is 0 Å². The predicted octanol–water partition coefficient (Wildman–Crippen LogP) is 0.906. The van der Waals surface area contributed by atoms with Crippen molar-refractivity contribution in [2.24, 2.45) is 5.92 Å². The van der Waals surface area contributed by atoms with Crippen molar-refractivity contribution in [3.05, 3.63) is 18.2 Å². The molecular weight excluding hydrogens is 268 g/mol. The second kappa shape index (κ2) is 6.28. The van der Waals surface area contributed by atoms with Gasteiger partial charge in [-0.2, -0.15) is 0 Å². The van der Waals surface area contributed by atoms with E-state index >= 15 is 0 Å². The maximum Gasteiger partial charge on any atom is 0.243 e. The Labute approximate surface area is 124 Å². The van der Waals surface area contributed by atoms with Gasteiger partial charge in [-0.3, -0.25) is 9.59 Å². The highest BCUT2D eigenvalue weighted by molar-refractivity contribution is 5.97. The summed E-state index contributed by atoms with van der Waals surface area (Å²) in [6.07, 6.45) is 10.6. The van der Waals surface area contributed by atoms with E-state index in [1.54, 1.807) is 12.5 Å². The highest BCUT2D eigenvalue weighted by Crippen LogP contribution is 2.26. The van der Waals surface area contributed by atoms with Gasteiger partial charge in [0.1, 0.15) is 12.1 Å². The number of amides is 2. The summed E-state index contributed by atoms with van der Waals surface area (Å²) in [4.78, 5) is 31.5. The summed E-state index contributed by atoms with van der Waals surface area (Å²) in [7, 11) is 0. The number of hydrogen-bond donors (Lipinski definition) is 3. The summed E-state index contributed by atoms with van der Waals surface area (Å²) in [6, 6.07) is -0.853. The number of hydrogen-bond acceptors (Lipinski definition) is 3. The molecule has 0 radical (unpaired) electrons. The lowest BCUT2D eigenvalue weighted by atomic mass is 9.89. The van der Waals surface area contributed by atoms with Crippen molar-refractivity contribution in [2.45, 2.75) is 57.0 Å². The first kappa shape index (κ1) is 14.1. The van der Waals surface area contributed by atoms with Crippen LogP contribution in [0, 0.1) is 5.92 Å². The standard InChI is InChI=1S/C15H22N4O2/c20-14-12(7-11-8-16-9-17-11)18-15(21)13(19-14)10-5-3-1-2-4-6-10/h8-10,12-13H,1-7H2,(H,16,17)(H,18,21)(H,19,20)/t12-,13?/m1/s1. The number of rotatable bonds is 3. The Bertz CT molecular complexity index is 492. The molecule has 2 aliphatic rings. The molecule has 2 fully saturated rings. The lowest BCUT2D eigenvalue weighted by molar-refractivity contribution is -0.138. The summed E-state index contributed by atoms with van der Waals surface area (Å²) in [5, 5.41) is 5.81. The zero-order valence-electron chi connectivity index (χ0n) is 12.1. The minimum absolute atomic E-state index is 0.0361. The minimum atomic E-state index is -0.500. The Balaban J connectivity index is 1.63. The van der Waals surface area contributed by atoms with E-state index < -0.39 is 6.04 Å². The van der Waals surface area contributed by atoms with Gasteiger partial charge in [-0.1, -0.05) is 25.7 Å². The molecule has 1 aliphatic carbocycles. The van der Waals surface area contributed by atoms with Crippen LogP contribution >= 0.6 is 0 Å². The van der Waals surface area contributed by atoms with Crippen LogP contribution in [0.5, 0.6) is 0 Å². The molecule has 2 amide bonds. The fourth-order valence-corrected chi connectivity index (χ4v) is 3.38. The van der Waals surface area contributed by atoms with Gasteiger partial charge in [0.25, 0.3) is 0 Å². The van der Waals surface area contributed by atoms with Crippen LogP contribution in [0.25, 0.3) is 0 Å². The Morgan fingerprint density at radius 1 is 1.05 bits per heavy atom. The number of aromatic amines is 1. The van der Waals surface area contributed by atoms with E-state index in [-0.39, 0.29) is 23.8 Å². The molecule has 1 aliphatic heterocycles. The zero-order chi connectivity index (χ0) is 14.7. The van der Waals surface area contributed by atoms with Crippen molar-refractivity contribution in [2.75, 3.05) is 0 Å². The summed E-state index contributed by atoms with van der Waals surface area (Å²) < 4.78 is 0. The first-order valence-corrected chi connectivity index (χ1v) is 7.82.